The molecule has 0 atom stereocenters. The number of fused-ring (bicyclic) bond motifs is 1. The summed E-state index contributed by atoms with van der Waals surface area (Å²) in [5, 5.41) is 3.96. The summed E-state index contributed by atoms with van der Waals surface area (Å²) < 4.78 is 0. The van der Waals surface area contributed by atoms with Crippen LogP contribution in [0, 0.1) is 13.8 Å². The minimum atomic E-state index is 0.0705. The molecule has 2 heterocycles. The van der Waals surface area contributed by atoms with Crippen LogP contribution in [-0.4, -0.2) is 26.8 Å². The van der Waals surface area contributed by atoms with Crippen LogP contribution in [0.15, 0.2) is 35.8 Å². The second kappa shape index (κ2) is 5.98. The molecule has 1 aliphatic rings. The molecule has 0 radical (unpaired) electrons. The highest BCUT2D eigenvalue weighted by molar-refractivity contribution is 7.09. The zero-order valence-corrected chi connectivity index (χ0v) is 14.6. The first-order valence-corrected chi connectivity index (χ1v) is 9.07. The van der Waals surface area contributed by atoms with Gasteiger partial charge in [-0.15, -0.1) is 11.3 Å². The molecule has 1 saturated carbocycles. The van der Waals surface area contributed by atoms with Gasteiger partial charge in [0.05, 0.1) is 23.3 Å². The quantitative estimate of drug-likeness (QED) is 0.719. The van der Waals surface area contributed by atoms with Crippen molar-refractivity contribution in [2.45, 2.75) is 39.3 Å². The van der Waals surface area contributed by atoms with Crippen molar-refractivity contribution in [1.29, 1.82) is 0 Å². The first-order valence-electron chi connectivity index (χ1n) is 8.19. The third kappa shape index (κ3) is 2.91. The predicted molar refractivity (Wildman–Crippen MR) is 96.2 cm³/mol. The van der Waals surface area contributed by atoms with Crippen molar-refractivity contribution >= 4 is 28.1 Å². The minimum absolute atomic E-state index is 0.0705. The number of benzene rings is 1. The predicted octanol–water partition coefficient (Wildman–Crippen LogP) is 4.11. The Balaban J connectivity index is 1.71. The van der Waals surface area contributed by atoms with Crippen LogP contribution in [0.5, 0.6) is 0 Å². The smallest absolute Gasteiger partial charge is 0.256 e. The fourth-order valence-electron chi connectivity index (χ4n) is 2.99. The normalized spacial score (nSPS) is 14.1. The second-order valence-corrected chi connectivity index (χ2v) is 7.39. The Kier molecular flexibility index (Phi) is 3.81. The van der Waals surface area contributed by atoms with Gasteiger partial charge in [0.15, 0.2) is 0 Å². The molecule has 5 heteroatoms. The molecule has 0 N–H and O–H groups in total. The second-order valence-electron chi connectivity index (χ2n) is 6.41. The molecule has 0 aliphatic heterocycles. The number of carbonyl (C=O) groups excluding carboxylic acids is 1. The van der Waals surface area contributed by atoms with E-state index in [1.165, 1.54) is 5.56 Å². The van der Waals surface area contributed by atoms with Crippen LogP contribution in [0.1, 0.15) is 39.5 Å². The monoisotopic (exact) mass is 337 g/mol. The van der Waals surface area contributed by atoms with Gasteiger partial charge in [0.2, 0.25) is 0 Å². The molecular weight excluding hydrogens is 318 g/mol. The number of pyridine rings is 1. The lowest BCUT2D eigenvalue weighted by Crippen LogP contribution is -2.33. The number of amides is 1. The zero-order chi connectivity index (χ0) is 16.7. The molecule has 0 saturated heterocycles. The molecule has 4 nitrogen and oxygen atoms in total. The van der Waals surface area contributed by atoms with Gasteiger partial charge in [-0.3, -0.25) is 9.78 Å². The van der Waals surface area contributed by atoms with Gasteiger partial charge in [0.25, 0.3) is 5.91 Å². The highest BCUT2D eigenvalue weighted by atomic mass is 32.1. The average Bonchev–Trinajstić information content (AvgIpc) is 3.28. The fraction of sp³-hybridized carbons (Fsp3) is 0.316. The molecule has 0 spiro atoms. The van der Waals surface area contributed by atoms with Crippen LogP contribution in [0.2, 0.25) is 0 Å². The van der Waals surface area contributed by atoms with E-state index >= 15 is 0 Å². The highest BCUT2D eigenvalue weighted by Crippen LogP contribution is 2.31. The third-order valence-corrected chi connectivity index (χ3v) is 5.19. The van der Waals surface area contributed by atoms with E-state index in [-0.39, 0.29) is 5.91 Å². The number of aromatic nitrogens is 2. The van der Waals surface area contributed by atoms with Gasteiger partial charge in [0.1, 0.15) is 5.01 Å². The number of rotatable bonds is 4. The van der Waals surface area contributed by atoms with E-state index in [1.54, 1.807) is 17.5 Å². The fourth-order valence-corrected chi connectivity index (χ4v) is 3.61. The van der Waals surface area contributed by atoms with Crippen LogP contribution in [0.4, 0.5) is 0 Å². The molecule has 2 aromatic heterocycles. The van der Waals surface area contributed by atoms with Crippen LogP contribution in [-0.2, 0) is 6.54 Å². The van der Waals surface area contributed by atoms with Gasteiger partial charge in [0, 0.05) is 23.0 Å². The lowest BCUT2D eigenvalue weighted by Gasteiger charge is -2.22. The Hall–Kier alpha value is -2.27. The van der Waals surface area contributed by atoms with Crippen molar-refractivity contribution in [3.63, 3.8) is 0 Å². The summed E-state index contributed by atoms with van der Waals surface area (Å²) in [5.41, 5.74) is 3.61. The van der Waals surface area contributed by atoms with Crippen LogP contribution >= 0.6 is 11.3 Å². The SMILES string of the molecule is Cc1ccc2nc(C)c(C(=O)N(Cc3nccs3)C3CC3)cc2c1. The molecule has 1 aliphatic carbocycles. The van der Waals surface area contributed by atoms with Crippen molar-refractivity contribution in [3.8, 4) is 0 Å². The van der Waals surface area contributed by atoms with Crippen molar-refractivity contribution in [3.05, 3.63) is 57.7 Å². The summed E-state index contributed by atoms with van der Waals surface area (Å²) in [6.07, 6.45) is 3.95. The van der Waals surface area contributed by atoms with Crippen LogP contribution < -0.4 is 0 Å². The molecule has 1 fully saturated rings. The molecule has 4 rings (SSSR count). The molecule has 122 valence electrons. The Morgan fingerprint density at radius 3 is 2.83 bits per heavy atom. The third-order valence-electron chi connectivity index (χ3n) is 4.43. The molecule has 3 aromatic rings. The summed E-state index contributed by atoms with van der Waals surface area (Å²) in [6.45, 7) is 4.56. The van der Waals surface area contributed by atoms with Crippen LogP contribution in [0.25, 0.3) is 10.9 Å². The molecule has 1 amide bonds. The van der Waals surface area contributed by atoms with Crippen molar-refractivity contribution < 1.29 is 4.79 Å². The van der Waals surface area contributed by atoms with E-state index in [0.717, 1.165) is 34.4 Å². The molecule has 1 aromatic carbocycles. The van der Waals surface area contributed by atoms with Gasteiger partial charge >= 0.3 is 0 Å². The van der Waals surface area contributed by atoms with Crippen molar-refractivity contribution in [2.24, 2.45) is 0 Å². The Labute approximate surface area is 145 Å². The Morgan fingerprint density at radius 1 is 1.29 bits per heavy atom. The number of nitrogens with zero attached hydrogens (tertiary/aromatic N) is 3. The van der Waals surface area contributed by atoms with E-state index in [9.17, 15) is 4.79 Å². The molecule has 0 unspecified atom stereocenters. The highest BCUT2D eigenvalue weighted by Gasteiger charge is 2.34. The van der Waals surface area contributed by atoms with E-state index in [0.29, 0.717) is 18.2 Å². The van der Waals surface area contributed by atoms with Gasteiger partial charge < -0.3 is 4.90 Å². The first-order chi connectivity index (χ1) is 11.6. The number of thiazole rings is 1. The summed E-state index contributed by atoms with van der Waals surface area (Å²) in [7, 11) is 0. The Bertz CT molecular complexity index is 900. The number of aryl methyl sites for hydroxylation is 2. The summed E-state index contributed by atoms with van der Waals surface area (Å²) in [6, 6.07) is 8.48. The Morgan fingerprint density at radius 2 is 2.12 bits per heavy atom. The number of carbonyl (C=O) groups is 1. The van der Waals surface area contributed by atoms with E-state index in [2.05, 4.69) is 29.0 Å². The summed E-state index contributed by atoms with van der Waals surface area (Å²) >= 11 is 1.60. The van der Waals surface area contributed by atoms with Crippen LogP contribution in [0.3, 0.4) is 0 Å². The molecule has 24 heavy (non-hydrogen) atoms. The largest absolute Gasteiger partial charge is 0.329 e. The van der Waals surface area contributed by atoms with Gasteiger partial charge in [-0.1, -0.05) is 11.6 Å². The minimum Gasteiger partial charge on any atom is -0.329 e. The van der Waals surface area contributed by atoms with E-state index in [4.69, 9.17) is 0 Å². The average molecular weight is 337 g/mol. The maximum Gasteiger partial charge on any atom is 0.256 e. The number of hydrogen-bond donors (Lipinski definition) is 0. The van der Waals surface area contributed by atoms with Gasteiger partial charge in [-0.25, -0.2) is 4.98 Å². The lowest BCUT2D eigenvalue weighted by atomic mass is 10.1. The van der Waals surface area contributed by atoms with Crippen molar-refractivity contribution in [2.75, 3.05) is 0 Å². The number of hydrogen-bond acceptors (Lipinski definition) is 4. The molecular formula is C19H19N3OS. The lowest BCUT2D eigenvalue weighted by molar-refractivity contribution is 0.0728. The van der Waals surface area contributed by atoms with Crippen molar-refractivity contribution in [1.82, 2.24) is 14.9 Å². The van der Waals surface area contributed by atoms with E-state index in [1.807, 2.05) is 29.3 Å². The van der Waals surface area contributed by atoms with Gasteiger partial charge in [-0.05, 0) is 44.9 Å². The maximum atomic E-state index is 13.2. The standard InChI is InChI=1S/C19H19N3OS/c1-12-3-6-17-14(9-12)10-16(13(2)21-17)19(23)22(15-4-5-15)11-18-20-7-8-24-18/h3,6-10,15H,4-5,11H2,1-2H3. The van der Waals surface area contributed by atoms with Gasteiger partial charge in [-0.2, -0.15) is 0 Å². The van der Waals surface area contributed by atoms with E-state index < -0.39 is 0 Å². The topological polar surface area (TPSA) is 46.1 Å². The zero-order valence-electron chi connectivity index (χ0n) is 13.8. The first kappa shape index (κ1) is 15.3. The summed E-state index contributed by atoms with van der Waals surface area (Å²) in [5.74, 6) is 0.0705. The maximum absolute atomic E-state index is 13.2. The summed E-state index contributed by atoms with van der Waals surface area (Å²) in [4.78, 5) is 24.1. The molecule has 0 bridgehead atoms.